The summed E-state index contributed by atoms with van der Waals surface area (Å²) in [5.41, 5.74) is 5.59. The molecule has 6 nitrogen and oxygen atoms in total. The van der Waals surface area contributed by atoms with Crippen LogP contribution >= 0.6 is 0 Å². The summed E-state index contributed by atoms with van der Waals surface area (Å²) in [6, 6.07) is -1.50. The van der Waals surface area contributed by atoms with E-state index in [1.54, 1.807) is 0 Å². The first-order valence-corrected chi connectivity index (χ1v) is 5.34. The lowest BCUT2D eigenvalue weighted by molar-refractivity contribution is -0.142. The monoisotopic (exact) mass is 230 g/mol. The number of methoxy groups -OCH3 is 1. The highest BCUT2D eigenvalue weighted by molar-refractivity contribution is 5.87. The van der Waals surface area contributed by atoms with Gasteiger partial charge in [-0.3, -0.25) is 4.79 Å². The van der Waals surface area contributed by atoms with Gasteiger partial charge in [0, 0.05) is 13.7 Å². The van der Waals surface area contributed by atoms with Gasteiger partial charge < -0.3 is 20.9 Å². The second-order valence-electron chi connectivity index (χ2n) is 4.05. The van der Waals surface area contributed by atoms with Gasteiger partial charge in [0.05, 0.1) is 6.04 Å². The maximum atomic E-state index is 11.5. The summed E-state index contributed by atoms with van der Waals surface area (Å²) in [5, 5.41) is 11.4. The zero-order valence-corrected chi connectivity index (χ0v) is 9.31. The van der Waals surface area contributed by atoms with E-state index in [-0.39, 0.29) is 5.92 Å². The molecule has 0 spiro atoms. The highest BCUT2D eigenvalue weighted by atomic mass is 16.5. The zero-order chi connectivity index (χ0) is 12.1. The number of amides is 1. The summed E-state index contributed by atoms with van der Waals surface area (Å²) in [5.74, 6) is -1.35. The number of carboxylic acid groups (broad SMARTS) is 1. The fourth-order valence-electron chi connectivity index (χ4n) is 1.45. The highest BCUT2D eigenvalue weighted by Crippen LogP contribution is 2.32. The molecule has 1 rings (SSSR count). The Labute approximate surface area is 94.1 Å². The third kappa shape index (κ3) is 3.79. The maximum absolute atomic E-state index is 11.5. The lowest BCUT2D eigenvalue weighted by Crippen LogP contribution is -2.49. The Morgan fingerprint density at radius 2 is 2.19 bits per heavy atom. The van der Waals surface area contributed by atoms with Crippen LogP contribution in [-0.4, -0.2) is 42.8 Å². The van der Waals surface area contributed by atoms with Gasteiger partial charge in [-0.25, -0.2) is 4.79 Å². The lowest BCUT2D eigenvalue weighted by atomic mass is 10.1. The molecule has 1 aliphatic carbocycles. The number of carboxylic acids is 1. The quantitative estimate of drug-likeness (QED) is 0.538. The van der Waals surface area contributed by atoms with E-state index in [4.69, 9.17) is 15.6 Å². The van der Waals surface area contributed by atoms with Gasteiger partial charge in [0.2, 0.25) is 5.91 Å². The summed E-state index contributed by atoms with van der Waals surface area (Å²) < 4.78 is 4.80. The molecule has 1 saturated carbocycles. The molecule has 1 amide bonds. The van der Waals surface area contributed by atoms with Gasteiger partial charge in [0.15, 0.2) is 0 Å². The molecule has 0 aromatic rings. The first-order chi connectivity index (χ1) is 7.56. The number of aliphatic carboxylic acids is 1. The third-order valence-electron chi connectivity index (χ3n) is 2.63. The number of nitrogens with one attached hydrogen (secondary N) is 1. The first-order valence-electron chi connectivity index (χ1n) is 5.34. The Hall–Kier alpha value is -1.14. The minimum absolute atomic E-state index is 0.0658. The molecular weight excluding hydrogens is 212 g/mol. The molecule has 4 N–H and O–H groups in total. The van der Waals surface area contributed by atoms with E-state index >= 15 is 0 Å². The highest BCUT2D eigenvalue weighted by Gasteiger charge is 2.37. The summed E-state index contributed by atoms with van der Waals surface area (Å²) in [6.45, 7) is 0.385. The van der Waals surface area contributed by atoms with E-state index in [1.165, 1.54) is 7.11 Å². The third-order valence-corrected chi connectivity index (χ3v) is 2.63. The van der Waals surface area contributed by atoms with Gasteiger partial charge in [-0.2, -0.15) is 0 Å². The molecule has 0 bridgehead atoms. The molecular formula is C10H18N2O4. The van der Waals surface area contributed by atoms with Crippen LogP contribution in [0.5, 0.6) is 0 Å². The predicted molar refractivity (Wildman–Crippen MR) is 56.8 cm³/mol. The van der Waals surface area contributed by atoms with Crippen molar-refractivity contribution in [3.8, 4) is 0 Å². The van der Waals surface area contributed by atoms with Crippen LogP contribution in [0.1, 0.15) is 19.3 Å². The van der Waals surface area contributed by atoms with Crippen molar-refractivity contribution in [1.29, 1.82) is 0 Å². The minimum Gasteiger partial charge on any atom is -0.480 e. The molecule has 0 saturated heterocycles. The Bertz CT molecular complexity index is 266. The summed E-state index contributed by atoms with van der Waals surface area (Å²) in [7, 11) is 1.52. The fourth-order valence-corrected chi connectivity index (χ4v) is 1.45. The van der Waals surface area contributed by atoms with E-state index in [0.717, 1.165) is 12.8 Å². The molecule has 0 heterocycles. The van der Waals surface area contributed by atoms with Crippen molar-refractivity contribution in [3.63, 3.8) is 0 Å². The molecule has 0 aromatic carbocycles. The van der Waals surface area contributed by atoms with Crippen LogP contribution in [0.25, 0.3) is 0 Å². The van der Waals surface area contributed by atoms with E-state index in [0.29, 0.717) is 13.0 Å². The van der Waals surface area contributed by atoms with Gasteiger partial charge in [0.25, 0.3) is 0 Å². The Morgan fingerprint density at radius 1 is 1.56 bits per heavy atom. The van der Waals surface area contributed by atoms with Crippen LogP contribution in [0.3, 0.4) is 0 Å². The summed E-state index contributed by atoms with van der Waals surface area (Å²) in [4.78, 5) is 22.4. The largest absolute Gasteiger partial charge is 0.480 e. The number of rotatable bonds is 7. The first kappa shape index (κ1) is 12.9. The standard InChI is InChI=1S/C10H18N2O4/c1-16-5-4-7(11)9(13)12-8(10(14)15)6-2-3-6/h6-8H,2-5,11H2,1H3,(H,12,13)(H,14,15). The molecule has 0 aliphatic heterocycles. The summed E-state index contributed by atoms with van der Waals surface area (Å²) >= 11 is 0. The topological polar surface area (TPSA) is 102 Å². The van der Waals surface area contributed by atoms with Gasteiger partial charge in [0.1, 0.15) is 6.04 Å². The number of ether oxygens (including phenoxy) is 1. The van der Waals surface area contributed by atoms with E-state index < -0.39 is 24.0 Å². The van der Waals surface area contributed by atoms with E-state index in [1.807, 2.05) is 0 Å². The minimum atomic E-state index is -0.991. The van der Waals surface area contributed by atoms with Gasteiger partial charge in [-0.15, -0.1) is 0 Å². The fraction of sp³-hybridized carbons (Fsp3) is 0.800. The molecule has 16 heavy (non-hydrogen) atoms. The number of hydrogen-bond acceptors (Lipinski definition) is 4. The average Bonchev–Trinajstić information content (AvgIpc) is 3.05. The van der Waals surface area contributed by atoms with Crippen molar-refractivity contribution < 1.29 is 19.4 Å². The Kier molecular flexibility index (Phi) is 4.70. The predicted octanol–water partition coefficient (Wildman–Crippen LogP) is -0.670. The molecule has 6 heteroatoms. The van der Waals surface area contributed by atoms with Crippen molar-refractivity contribution in [3.05, 3.63) is 0 Å². The summed E-state index contributed by atoms with van der Waals surface area (Å²) in [6.07, 6.45) is 2.09. The molecule has 92 valence electrons. The second kappa shape index (κ2) is 5.81. The van der Waals surface area contributed by atoms with E-state index in [9.17, 15) is 9.59 Å². The normalized spacial score (nSPS) is 18.9. The van der Waals surface area contributed by atoms with Crippen LogP contribution in [-0.2, 0) is 14.3 Å². The van der Waals surface area contributed by atoms with Crippen molar-refractivity contribution in [2.24, 2.45) is 11.7 Å². The van der Waals surface area contributed by atoms with Gasteiger partial charge in [-0.1, -0.05) is 0 Å². The number of hydrogen-bond donors (Lipinski definition) is 3. The van der Waals surface area contributed by atoms with Crippen molar-refractivity contribution in [2.75, 3.05) is 13.7 Å². The zero-order valence-electron chi connectivity index (χ0n) is 9.31. The number of nitrogens with two attached hydrogens (primary N) is 1. The number of carbonyl (C=O) groups is 2. The lowest BCUT2D eigenvalue weighted by Gasteiger charge is -2.17. The second-order valence-corrected chi connectivity index (χ2v) is 4.05. The number of carbonyl (C=O) groups excluding carboxylic acids is 1. The van der Waals surface area contributed by atoms with Crippen LogP contribution in [0, 0.1) is 5.92 Å². The Balaban J connectivity index is 2.38. The smallest absolute Gasteiger partial charge is 0.326 e. The van der Waals surface area contributed by atoms with Gasteiger partial charge >= 0.3 is 5.97 Å². The SMILES string of the molecule is COCCC(N)C(=O)NC(C(=O)O)C1CC1. The van der Waals surface area contributed by atoms with Crippen molar-refractivity contribution >= 4 is 11.9 Å². The molecule has 1 fully saturated rings. The van der Waals surface area contributed by atoms with E-state index in [2.05, 4.69) is 5.32 Å². The average molecular weight is 230 g/mol. The van der Waals surface area contributed by atoms with Crippen LogP contribution in [0.4, 0.5) is 0 Å². The van der Waals surface area contributed by atoms with Gasteiger partial charge in [-0.05, 0) is 25.2 Å². The van der Waals surface area contributed by atoms with Crippen molar-refractivity contribution in [2.45, 2.75) is 31.3 Å². The molecule has 1 aliphatic rings. The molecule has 2 unspecified atom stereocenters. The molecule has 0 aromatic heterocycles. The van der Waals surface area contributed by atoms with Crippen LogP contribution in [0.15, 0.2) is 0 Å². The van der Waals surface area contributed by atoms with Crippen LogP contribution in [0.2, 0.25) is 0 Å². The Morgan fingerprint density at radius 3 is 2.62 bits per heavy atom. The maximum Gasteiger partial charge on any atom is 0.326 e. The molecule has 2 atom stereocenters. The van der Waals surface area contributed by atoms with Crippen LogP contribution < -0.4 is 11.1 Å². The van der Waals surface area contributed by atoms with Crippen molar-refractivity contribution in [1.82, 2.24) is 5.32 Å². The molecule has 0 radical (unpaired) electrons.